The van der Waals surface area contributed by atoms with Crippen molar-refractivity contribution in [3.8, 4) is 0 Å². The van der Waals surface area contributed by atoms with E-state index in [1.54, 1.807) is 0 Å². The smallest absolute Gasteiger partial charge is 0.306 e. The molecule has 3 N–H and O–H groups in total. The average Bonchev–Trinajstić information content (AvgIpc) is 3.18. The highest BCUT2D eigenvalue weighted by Gasteiger charge is 2.24. The largest absolute Gasteiger partial charge is 0.462 e. The fourth-order valence-electron chi connectivity index (χ4n) is 6.49. The van der Waals surface area contributed by atoms with Crippen LogP contribution in [0, 0.1) is 0 Å². The predicted molar refractivity (Wildman–Crippen MR) is 236 cm³/mol. The molecule has 6 nitrogen and oxygen atoms in total. The van der Waals surface area contributed by atoms with Gasteiger partial charge >= 0.3 is 5.97 Å². The minimum absolute atomic E-state index is 0.0428. The van der Waals surface area contributed by atoms with Crippen LogP contribution in [0.3, 0.4) is 0 Å². The Morgan fingerprint density at radius 1 is 0.545 bits per heavy atom. The molecule has 0 radical (unpaired) electrons. The standard InChI is InChI=1S/C49H85NO5/c1-4-7-10-13-16-19-22-24-27-30-33-36-39-42-49(54)55-45(40-37-34-31-28-25-21-18-15-12-9-6-3)43-48(53)50-46(44-51)47(52)41-38-35-32-29-26-23-20-17-14-11-8-5-2/h7,9-10,12-13,15-16,18-19,21-22,25,45-47,51-52H,4-6,8,11,14,17,20,23-24,26-44H2,1-3H3,(H,50,53)/b10-7+,12-9+,16-13+,18-15+,22-19-,25-21-. The molecule has 0 bridgehead atoms. The number of carbonyl (C=O) groups excluding carboxylic acids is 2. The normalized spacial score (nSPS) is 14.1. The lowest BCUT2D eigenvalue weighted by Gasteiger charge is -2.24. The van der Waals surface area contributed by atoms with Gasteiger partial charge < -0.3 is 20.3 Å². The van der Waals surface area contributed by atoms with Crippen LogP contribution in [0.15, 0.2) is 72.9 Å². The van der Waals surface area contributed by atoms with E-state index in [0.717, 1.165) is 96.3 Å². The molecule has 0 spiro atoms. The lowest BCUT2D eigenvalue weighted by molar-refractivity contribution is -0.151. The SMILES string of the molecule is CC/C=C/C=C/C=C\CCCCCCCC(=O)OC(CCCCC\C=C/C=C/C=C/CC)CC(=O)NC(CO)C(O)CCCCCCCCCCCCCC. The van der Waals surface area contributed by atoms with Gasteiger partial charge in [0.15, 0.2) is 0 Å². The molecule has 0 aromatic rings. The number of aliphatic hydroxyl groups excluding tert-OH is 2. The molecule has 0 saturated carbocycles. The van der Waals surface area contributed by atoms with Gasteiger partial charge in [0.2, 0.25) is 5.91 Å². The minimum Gasteiger partial charge on any atom is -0.462 e. The van der Waals surface area contributed by atoms with Crippen LogP contribution in [0.4, 0.5) is 0 Å². The second-order valence-corrected chi connectivity index (χ2v) is 15.2. The third-order valence-corrected chi connectivity index (χ3v) is 9.90. The molecule has 316 valence electrons. The monoisotopic (exact) mass is 768 g/mol. The topological polar surface area (TPSA) is 95.9 Å². The number of amides is 1. The van der Waals surface area contributed by atoms with Gasteiger partial charge in [0, 0.05) is 6.42 Å². The van der Waals surface area contributed by atoms with Crippen molar-refractivity contribution in [2.45, 2.75) is 219 Å². The van der Waals surface area contributed by atoms with Crippen LogP contribution in [-0.2, 0) is 14.3 Å². The Bertz CT molecular complexity index is 1040. The lowest BCUT2D eigenvalue weighted by Crippen LogP contribution is -2.46. The highest BCUT2D eigenvalue weighted by Crippen LogP contribution is 2.17. The molecule has 0 aromatic heterocycles. The van der Waals surface area contributed by atoms with Crippen molar-refractivity contribution < 1.29 is 24.5 Å². The van der Waals surface area contributed by atoms with Gasteiger partial charge in [-0.2, -0.15) is 0 Å². The first-order valence-electron chi connectivity index (χ1n) is 22.7. The molecule has 3 unspecified atom stereocenters. The summed E-state index contributed by atoms with van der Waals surface area (Å²) in [5.41, 5.74) is 0. The quantitative estimate of drug-likeness (QED) is 0.0329. The first-order valence-corrected chi connectivity index (χ1v) is 22.7. The summed E-state index contributed by atoms with van der Waals surface area (Å²) in [6.45, 7) is 6.18. The third-order valence-electron chi connectivity index (χ3n) is 9.90. The van der Waals surface area contributed by atoms with E-state index < -0.39 is 18.2 Å². The van der Waals surface area contributed by atoms with Gasteiger partial charge in [0.05, 0.1) is 25.2 Å². The molecule has 0 rings (SSSR count). The first-order chi connectivity index (χ1) is 27.0. The maximum Gasteiger partial charge on any atom is 0.306 e. The van der Waals surface area contributed by atoms with Crippen molar-refractivity contribution in [1.29, 1.82) is 0 Å². The molecule has 3 atom stereocenters. The zero-order valence-electron chi connectivity index (χ0n) is 35.8. The second-order valence-electron chi connectivity index (χ2n) is 15.2. The number of carbonyl (C=O) groups is 2. The Morgan fingerprint density at radius 3 is 1.49 bits per heavy atom. The number of ether oxygens (including phenoxy) is 1. The lowest BCUT2D eigenvalue weighted by atomic mass is 10.0. The molecule has 0 heterocycles. The molecule has 1 amide bonds. The number of allylic oxidation sites excluding steroid dienone is 12. The molecule has 6 heteroatoms. The van der Waals surface area contributed by atoms with E-state index in [0.29, 0.717) is 19.3 Å². The number of aliphatic hydroxyl groups is 2. The Hall–Kier alpha value is -2.70. The molecule has 0 fully saturated rings. The number of hydrogen-bond donors (Lipinski definition) is 3. The van der Waals surface area contributed by atoms with Gasteiger partial charge in [-0.1, -0.05) is 196 Å². The molecule has 0 aliphatic heterocycles. The van der Waals surface area contributed by atoms with Crippen LogP contribution in [-0.4, -0.2) is 46.9 Å². The molecule has 55 heavy (non-hydrogen) atoms. The summed E-state index contributed by atoms with van der Waals surface area (Å²) in [6, 6.07) is -0.718. The summed E-state index contributed by atoms with van der Waals surface area (Å²) in [6.07, 6.45) is 52.5. The molecule has 0 aliphatic carbocycles. The number of unbranched alkanes of at least 4 members (excludes halogenated alkanes) is 19. The fraction of sp³-hybridized carbons (Fsp3) is 0.714. The van der Waals surface area contributed by atoms with Crippen LogP contribution in [0.2, 0.25) is 0 Å². The average molecular weight is 768 g/mol. The van der Waals surface area contributed by atoms with Crippen LogP contribution >= 0.6 is 0 Å². The maximum absolute atomic E-state index is 13.1. The summed E-state index contributed by atoms with van der Waals surface area (Å²) in [5, 5.41) is 23.6. The van der Waals surface area contributed by atoms with Crippen LogP contribution in [0.1, 0.15) is 201 Å². The highest BCUT2D eigenvalue weighted by atomic mass is 16.5. The molecule has 0 aromatic carbocycles. The van der Waals surface area contributed by atoms with Crippen LogP contribution in [0.5, 0.6) is 0 Å². The van der Waals surface area contributed by atoms with Crippen molar-refractivity contribution in [2.75, 3.05) is 6.61 Å². The van der Waals surface area contributed by atoms with Crippen LogP contribution < -0.4 is 5.32 Å². The Morgan fingerprint density at radius 2 is 0.982 bits per heavy atom. The summed E-state index contributed by atoms with van der Waals surface area (Å²) in [5.74, 6) is -0.540. The summed E-state index contributed by atoms with van der Waals surface area (Å²) < 4.78 is 5.87. The van der Waals surface area contributed by atoms with Crippen LogP contribution in [0.25, 0.3) is 0 Å². The number of rotatable bonds is 39. The van der Waals surface area contributed by atoms with Crippen molar-refractivity contribution in [3.63, 3.8) is 0 Å². The first kappa shape index (κ1) is 52.3. The summed E-state index contributed by atoms with van der Waals surface area (Å²) in [7, 11) is 0. The van der Waals surface area contributed by atoms with E-state index >= 15 is 0 Å². The van der Waals surface area contributed by atoms with Gasteiger partial charge in [0.1, 0.15) is 6.10 Å². The van der Waals surface area contributed by atoms with Crippen molar-refractivity contribution in [3.05, 3.63) is 72.9 Å². The molecule has 0 aliphatic rings. The highest BCUT2D eigenvalue weighted by molar-refractivity contribution is 5.77. The molecular weight excluding hydrogens is 683 g/mol. The summed E-state index contributed by atoms with van der Waals surface area (Å²) >= 11 is 0. The van der Waals surface area contributed by atoms with E-state index in [1.807, 2.05) is 12.2 Å². The van der Waals surface area contributed by atoms with Gasteiger partial charge in [-0.15, -0.1) is 0 Å². The predicted octanol–water partition coefficient (Wildman–Crippen LogP) is 13.1. The molecule has 0 saturated heterocycles. The fourth-order valence-corrected chi connectivity index (χ4v) is 6.49. The number of hydrogen-bond acceptors (Lipinski definition) is 5. The Labute approximate surface area is 339 Å². The zero-order valence-corrected chi connectivity index (χ0v) is 35.8. The van der Waals surface area contributed by atoms with E-state index in [2.05, 4.69) is 86.8 Å². The van der Waals surface area contributed by atoms with E-state index in [1.165, 1.54) is 57.8 Å². The van der Waals surface area contributed by atoms with Gasteiger partial charge in [-0.25, -0.2) is 0 Å². The van der Waals surface area contributed by atoms with Crippen molar-refractivity contribution >= 4 is 11.9 Å². The maximum atomic E-state index is 13.1. The van der Waals surface area contributed by atoms with Crippen molar-refractivity contribution in [2.24, 2.45) is 0 Å². The zero-order chi connectivity index (χ0) is 40.3. The van der Waals surface area contributed by atoms with Gasteiger partial charge in [-0.3, -0.25) is 9.59 Å². The van der Waals surface area contributed by atoms with E-state index in [9.17, 15) is 19.8 Å². The Balaban J connectivity index is 4.66. The summed E-state index contributed by atoms with van der Waals surface area (Å²) in [4.78, 5) is 26.0. The molecular formula is C49H85NO5. The number of nitrogens with one attached hydrogen (secondary N) is 1. The van der Waals surface area contributed by atoms with E-state index in [4.69, 9.17) is 4.74 Å². The Kier molecular flexibility index (Phi) is 40.4. The van der Waals surface area contributed by atoms with E-state index in [-0.39, 0.29) is 24.9 Å². The minimum atomic E-state index is -0.801. The van der Waals surface area contributed by atoms with Gasteiger partial charge in [-0.05, 0) is 64.2 Å². The number of esters is 1. The van der Waals surface area contributed by atoms with Gasteiger partial charge in [0.25, 0.3) is 0 Å². The van der Waals surface area contributed by atoms with Crippen molar-refractivity contribution in [1.82, 2.24) is 5.32 Å². The third kappa shape index (κ3) is 38.0. The second kappa shape index (κ2) is 42.4.